The van der Waals surface area contributed by atoms with E-state index in [1.54, 1.807) is 0 Å². The van der Waals surface area contributed by atoms with Gasteiger partial charge >= 0.3 is 0 Å². The third-order valence-corrected chi connectivity index (χ3v) is 4.89. The van der Waals surface area contributed by atoms with Crippen molar-refractivity contribution in [1.82, 2.24) is 4.90 Å². The number of ether oxygens (including phenoxy) is 1. The van der Waals surface area contributed by atoms with Crippen molar-refractivity contribution in [2.24, 2.45) is 0 Å². The second-order valence-electron chi connectivity index (χ2n) is 6.33. The maximum atomic E-state index is 9.18. The first-order valence-electron chi connectivity index (χ1n) is 8.76. The molecular weight excluding hydrogens is 328 g/mol. The number of likely N-dealkylation sites (tertiary alicyclic amines) is 1. The van der Waals surface area contributed by atoms with Crippen LogP contribution in [0.5, 0.6) is 0 Å². The molecule has 0 amide bonds. The predicted molar refractivity (Wildman–Crippen MR) is 103 cm³/mol. The van der Waals surface area contributed by atoms with Crippen molar-refractivity contribution in [1.29, 1.82) is 5.26 Å². The number of rotatable bonds is 5. The first kappa shape index (κ1) is 17.4. The number of hydrogen-bond acceptors (Lipinski definition) is 3. The Kier molecular flexibility index (Phi) is 6.03. The molecule has 0 spiro atoms. The summed E-state index contributed by atoms with van der Waals surface area (Å²) >= 11 is 5.52. The van der Waals surface area contributed by atoms with Crippen molar-refractivity contribution < 1.29 is 4.74 Å². The van der Waals surface area contributed by atoms with Crippen molar-refractivity contribution in [2.75, 3.05) is 13.1 Å². The molecule has 0 aliphatic carbocycles. The Morgan fingerprint density at radius 2 is 1.88 bits per heavy atom. The Bertz CT molecular complexity index is 748. The molecule has 1 aliphatic rings. The zero-order chi connectivity index (χ0) is 17.5. The number of thiocarbonyl (C=S) groups is 1. The minimum atomic E-state index is -0.137. The van der Waals surface area contributed by atoms with E-state index in [1.807, 2.05) is 30.3 Å². The molecule has 1 aliphatic heterocycles. The number of nitrogens with zero attached hydrogens (tertiary/aromatic N) is 2. The van der Waals surface area contributed by atoms with Crippen LogP contribution in [0.3, 0.4) is 0 Å². The summed E-state index contributed by atoms with van der Waals surface area (Å²) in [5, 5.41) is 9.76. The highest BCUT2D eigenvalue weighted by Gasteiger charge is 2.21. The largest absolute Gasteiger partial charge is 0.463 e. The lowest BCUT2D eigenvalue weighted by atomic mass is 10.00. The van der Waals surface area contributed by atoms with Gasteiger partial charge in [0.25, 0.3) is 5.17 Å². The zero-order valence-electron chi connectivity index (χ0n) is 14.2. The molecule has 25 heavy (non-hydrogen) atoms. The van der Waals surface area contributed by atoms with Gasteiger partial charge in [-0.3, -0.25) is 0 Å². The van der Waals surface area contributed by atoms with Gasteiger partial charge in [0.15, 0.2) is 0 Å². The molecule has 0 saturated carbocycles. The Morgan fingerprint density at radius 1 is 1.12 bits per heavy atom. The molecule has 1 fully saturated rings. The average Bonchev–Trinajstić information content (AvgIpc) is 3.21. The lowest BCUT2D eigenvalue weighted by Crippen LogP contribution is -2.29. The molecule has 1 unspecified atom stereocenters. The van der Waals surface area contributed by atoms with Gasteiger partial charge in [-0.2, -0.15) is 5.26 Å². The molecule has 4 heteroatoms. The normalized spacial score (nSPS) is 14.8. The van der Waals surface area contributed by atoms with E-state index in [0.29, 0.717) is 10.7 Å². The summed E-state index contributed by atoms with van der Waals surface area (Å²) in [5.41, 5.74) is 2.94. The van der Waals surface area contributed by atoms with Gasteiger partial charge in [-0.05, 0) is 61.2 Å². The Morgan fingerprint density at radius 3 is 2.60 bits per heavy atom. The number of nitriles is 1. The molecule has 1 heterocycles. The molecule has 3 nitrogen and oxygen atoms in total. The fourth-order valence-electron chi connectivity index (χ4n) is 3.14. The number of aryl methyl sites for hydroxylation is 1. The second-order valence-corrected chi connectivity index (χ2v) is 6.68. The summed E-state index contributed by atoms with van der Waals surface area (Å²) in [6.07, 6.45) is 3.93. The van der Waals surface area contributed by atoms with Crippen LogP contribution in [-0.2, 0) is 11.2 Å². The standard InChI is InChI=1S/C21H22N2OS/c22-16-18-9-6-10-19(15-18)20(12-11-17-7-2-1-3-8-17)24-21(25)23-13-4-5-14-23/h1-3,6-10,15,20H,4-5,11-14H2. The topological polar surface area (TPSA) is 36.3 Å². The summed E-state index contributed by atoms with van der Waals surface area (Å²) in [6, 6.07) is 20.2. The van der Waals surface area contributed by atoms with E-state index in [2.05, 4.69) is 35.2 Å². The highest BCUT2D eigenvalue weighted by atomic mass is 32.1. The van der Waals surface area contributed by atoms with Crippen LogP contribution >= 0.6 is 12.2 Å². The van der Waals surface area contributed by atoms with Crippen molar-refractivity contribution >= 4 is 17.4 Å². The van der Waals surface area contributed by atoms with Gasteiger partial charge in [0.2, 0.25) is 0 Å². The Labute approximate surface area is 154 Å². The molecule has 2 aromatic carbocycles. The number of benzene rings is 2. The van der Waals surface area contributed by atoms with Crippen LogP contribution in [0.2, 0.25) is 0 Å². The lowest BCUT2D eigenvalue weighted by molar-refractivity contribution is 0.156. The summed E-state index contributed by atoms with van der Waals surface area (Å²) in [4.78, 5) is 2.14. The van der Waals surface area contributed by atoms with E-state index >= 15 is 0 Å². The van der Waals surface area contributed by atoms with Crippen molar-refractivity contribution in [3.05, 3.63) is 71.3 Å². The maximum absolute atomic E-state index is 9.18. The molecule has 1 atom stereocenters. The maximum Gasteiger partial charge on any atom is 0.259 e. The van der Waals surface area contributed by atoms with Gasteiger partial charge in [-0.15, -0.1) is 0 Å². The summed E-state index contributed by atoms with van der Waals surface area (Å²) in [7, 11) is 0. The van der Waals surface area contributed by atoms with Crippen molar-refractivity contribution in [3.8, 4) is 6.07 Å². The molecule has 0 radical (unpaired) electrons. The van der Waals surface area contributed by atoms with Crippen molar-refractivity contribution in [2.45, 2.75) is 31.8 Å². The van der Waals surface area contributed by atoms with Gasteiger partial charge in [-0.25, -0.2) is 0 Å². The molecule has 2 aromatic rings. The lowest BCUT2D eigenvalue weighted by Gasteiger charge is -2.25. The molecule has 0 aromatic heterocycles. The van der Waals surface area contributed by atoms with E-state index in [0.717, 1.165) is 31.5 Å². The first-order valence-corrected chi connectivity index (χ1v) is 9.16. The van der Waals surface area contributed by atoms with Crippen LogP contribution < -0.4 is 0 Å². The highest BCUT2D eigenvalue weighted by Crippen LogP contribution is 2.26. The zero-order valence-corrected chi connectivity index (χ0v) is 15.0. The summed E-state index contributed by atoms with van der Waals surface area (Å²) < 4.78 is 6.19. The van der Waals surface area contributed by atoms with Crippen molar-refractivity contribution in [3.63, 3.8) is 0 Å². The molecule has 128 valence electrons. The van der Waals surface area contributed by atoms with Crippen LogP contribution in [0, 0.1) is 11.3 Å². The van der Waals surface area contributed by atoms with Gasteiger partial charge in [0.1, 0.15) is 6.10 Å². The van der Waals surface area contributed by atoms with Gasteiger partial charge in [-0.1, -0.05) is 42.5 Å². The smallest absolute Gasteiger partial charge is 0.259 e. The minimum Gasteiger partial charge on any atom is -0.463 e. The first-order chi connectivity index (χ1) is 12.3. The summed E-state index contributed by atoms with van der Waals surface area (Å²) in [5.74, 6) is 0. The fourth-order valence-corrected chi connectivity index (χ4v) is 3.44. The number of hydrogen-bond donors (Lipinski definition) is 0. The van der Waals surface area contributed by atoms with Crippen LogP contribution in [0.1, 0.15) is 42.1 Å². The minimum absolute atomic E-state index is 0.137. The van der Waals surface area contributed by atoms with Crippen LogP contribution in [0.15, 0.2) is 54.6 Å². The third kappa shape index (κ3) is 4.80. The third-order valence-electron chi connectivity index (χ3n) is 4.53. The van der Waals surface area contributed by atoms with E-state index in [1.165, 1.54) is 18.4 Å². The van der Waals surface area contributed by atoms with Crippen LogP contribution in [-0.4, -0.2) is 23.2 Å². The quantitative estimate of drug-likeness (QED) is 0.737. The monoisotopic (exact) mass is 350 g/mol. The van der Waals surface area contributed by atoms with Gasteiger partial charge < -0.3 is 9.64 Å². The second kappa shape index (κ2) is 8.64. The van der Waals surface area contributed by atoms with Gasteiger partial charge in [0, 0.05) is 13.1 Å². The Balaban J connectivity index is 1.74. The molecule has 1 saturated heterocycles. The van der Waals surface area contributed by atoms with E-state index in [-0.39, 0.29) is 6.10 Å². The SMILES string of the molecule is N#Cc1cccc(C(CCc2ccccc2)OC(=S)N2CCCC2)c1. The summed E-state index contributed by atoms with van der Waals surface area (Å²) in [6.45, 7) is 1.95. The predicted octanol–water partition coefficient (Wildman–Crippen LogP) is 4.63. The van der Waals surface area contributed by atoms with E-state index < -0.39 is 0 Å². The van der Waals surface area contributed by atoms with Crippen LogP contribution in [0.25, 0.3) is 0 Å². The fraction of sp³-hybridized carbons (Fsp3) is 0.333. The van der Waals surface area contributed by atoms with E-state index in [4.69, 9.17) is 17.0 Å². The molecular formula is C21H22N2OS. The highest BCUT2D eigenvalue weighted by molar-refractivity contribution is 7.80. The van der Waals surface area contributed by atoms with Gasteiger partial charge in [0.05, 0.1) is 11.6 Å². The molecule has 0 N–H and O–H groups in total. The Hall–Kier alpha value is -2.38. The molecule has 3 rings (SSSR count). The molecule has 0 bridgehead atoms. The van der Waals surface area contributed by atoms with E-state index in [9.17, 15) is 5.26 Å². The van der Waals surface area contributed by atoms with Crippen LogP contribution in [0.4, 0.5) is 0 Å². The average molecular weight is 350 g/mol.